The van der Waals surface area contributed by atoms with Gasteiger partial charge in [0.05, 0.1) is 31.9 Å². The van der Waals surface area contributed by atoms with Gasteiger partial charge in [0.15, 0.2) is 0 Å². The fourth-order valence-electron chi connectivity index (χ4n) is 1.30. The summed E-state index contributed by atoms with van der Waals surface area (Å²) in [5, 5.41) is 17.4. The van der Waals surface area contributed by atoms with Crippen LogP contribution in [0, 0.1) is 0 Å². The van der Waals surface area contributed by atoms with Crippen molar-refractivity contribution in [2.75, 3.05) is 19.7 Å². The molecule has 70 valence electrons. The molecule has 0 aromatic rings. The van der Waals surface area contributed by atoms with E-state index < -0.39 is 6.09 Å². The lowest BCUT2D eigenvalue weighted by Gasteiger charge is -2.34. The molecule has 1 fully saturated rings. The van der Waals surface area contributed by atoms with Crippen molar-refractivity contribution in [3.8, 4) is 0 Å². The van der Waals surface area contributed by atoms with Gasteiger partial charge in [0, 0.05) is 0 Å². The molecule has 0 bridgehead atoms. The number of nitrogens with zero attached hydrogens (tertiary/aromatic N) is 1. The Bertz CT molecular complexity index is 173. The molecule has 0 saturated carbocycles. The first-order valence-electron chi connectivity index (χ1n) is 3.87. The molecule has 2 atom stereocenters. The Morgan fingerprint density at radius 2 is 2.33 bits per heavy atom. The highest BCUT2D eigenvalue weighted by molar-refractivity contribution is 5.65. The molecule has 1 aliphatic heterocycles. The van der Waals surface area contributed by atoms with Gasteiger partial charge in [0.2, 0.25) is 0 Å². The van der Waals surface area contributed by atoms with E-state index in [2.05, 4.69) is 0 Å². The first-order chi connectivity index (χ1) is 5.63. The van der Waals surface area contributed by atoms with Crippen molar-refractivity contribution in [1.82, 2.24) is 4.90 Å². The highest BCUT2D eigenvalue weighted by Crippen LogP contribution is 2.10. The molecule has 1 saturated heterocycles. The van der Waals surface area contributed by atoms with Gasteiger partial charge < -0.3 is 19.8 Å². The molecule has 1 heterocycles. The topological polar surface area (TPSA) is 70.0 Å². The summed E-state index contributed by atoms with van der Waals surface area (Å²) in [6, 6.07) is 0. The largest absolute Gasteiger partial charge is 0.465 e. The van der Waals surface area contributed by atoms with E-state index in [0.29, 0.717) is 6.54 Å². The zero-order valence-corrected chi connectivity index (χ0v) is 6.93. The second-order valence-corrected chi connectivity index (χ2v) is 2.94. The van der Waals surface area contributed by atoms with Crippen LogP contribution in [0.4, 0.5) is 4.79 Å². The van der Waals surface area contributed by atoms with Gasteiger partial charge in [-0.3, -0.25) is 0 Å². The molecule has 0 radical (unpaired) electrons. The average Bonchev–Trinajstić information content (AvgIpc) is 2.03. The Balaban J connectivity index is 2.51. The highest BCUT2D eigenvalue weighted by atomic mass is 16.5. The summed E-state index contributed by atoms with van der Waals surface area (Å²) in [6.45, 7) is 2.30. The fraction of sp³-hybridized carbons (Fsp3) is 0.857. The summed E-state index contributed by atoms with van der Waals surface area (Å²) < 4.78 is 5.26. The van der Waals surface area contributed by atoms with Gasteiger partial charge in [0.25, 0.3) is 0 Å². The SMILES string of the molecule is CC1CN(C(=O)O)CC(CO)O1. The van der Waals surface area contributed by atoms with Gasteiger partial charge in [-0.05, 0) is 6.92 Å². The van der Waals surface area contributed by atoms with Crippen LogP contribution >= 0.6 is 0 Å². The predicted octanol–water partition coefficient (Wildman–Crippen LogP) is -0.254. The van der Waals surface area contributed by atoms with Gasteiger partial charge in [-0.15, -0.1) is 0 Å². The number of carboxylic acid groups (broad SMARTS) is 1. The molecule has 1 aliphatic rings. The molecule has 0 aromatic carbocycles. The maximum atomic E-state index is 10.6. The molecule has 12 heavy (non-hydrogen) atoms. The maximum absolute atomic E-state index is 10.6. The van der Waals surface area contributed by atoms with E-state index in [9.17, 15) is 4.79 Å². The summed E-state index contributed by atoms with van der Waals surface area (Å²) in [4.78, 5) is 11.8. The summed E-state index contributed by atoms with van der Waals surface area (Å²) in [5.74, 6) is 0. The smallest absolute Gasteiger partial charge is 0.407 e. The summed E-state index contributed by atoms with van der Waals surface area (Å²) in [5.41, 5.74) is 0. The summed E-state index contributed by atoms with van der Waals surface area (Å²) in [7, 11) is 0. The summed E-state index contributed by atoms with van der Waals surface area (Å²) in [6.07, 6.45) is -1.46. The maximum Gasteiger partial charge on any atom is 0.407 e. The zero-order chi connectivity index (χ0) is 9.14. The van der Waals surface area contributed by atoms with Crippen LogP contribution in [-0.2, 0) is 4.74 Å². The lowest BCUT2D eigenvalue weighted by molar-refractivity contribution is -0.0877. The van der Waals surface area contributed by atoms with Crippen molar-refractivity contribution in [3.05, 3.63) is 0 Å². The lowest BCUT2D eigenvalue weighted by atomic mass is 10.2. The van der Waals surface area contributed by atoms with Crippen LogP contribution in [0.25, 0.3) is 0 Å². The van der Waals surface area contributed by atoms with E-state index in [-0.39, 0.29) is 25.4 Å². The molecule has 0 spiro atoms. The Labute approximate surface area is 70.5 Å². The Morgan fingerprint density at radius 1 is 1.67 bits per heavy atom. The van der Waals surface area contributed by atoms with Crippen LogP contribution in [0.2, 0.25) is 0 Å². The van der Waals surface area contributed by atoms with Crippen LogP contribution in [0.1, 0.15) is 6.92 Å². The van der Waals surface area contributed by atoms with Crippen molar-refractivity contribution in [1.29, 1.82) is 0 Å². The third-order valence-corrected chi connectivity index (χ3v) is 1.80. The normalized spacial score (nSPS) is 30.3. The number of hydrogen-bond acceptors (Lipinski definition) is 3. The van der Waals surface area contributed by atoms with Crippen molar-refractivity contribution >= 4 is 6.09 Å². The van der Waals surface area contributed by atoms with E-state index in [1.54, 1.807) is 6.92 Å². The minimum atomic E-state index is -0.955. The Kier molecular flexibility index (Phi) is 2.88. The molecular weight excluding hydrogens is 162 g/mol. The molecule has 0 aromatic heterocycles. The van der Waals surface area contributed by atoms with Crippen LogP contribution in [-0.4, -0.2) is 53.1 Å². The second-order valence-electron chi connectivity index (χ2n) is 2.94. The lowest BCUT2D eigenvalue weighted by Crippen LogP contribution is -2.49. The standard InChI is InChI=1S/C7H13NO4/c1-5-2-8(7(10)11)3-6(4-9)12-5/h5-6,9H,2-4H2,1H3,(H,10,11). The molecule has 1 rings (SSSR count). The minimum absolute atomic E-state index is 0.131. The van der Waals surface area contributed by atoms with Crippen molar-refractivity contribution in [2.45, 2.75) is 19.1 Å². The number of rotatable bonds is 1. The van der Waals surface area contributed by atoms with Gasteiger partial charge in [-0.25, -0.2) is 4.79 Å². The number of aliphatic hydroxyl groups is 1. The third-order valence-electron chi connectivity index (χ3n) is 1.80. The number of hydrogen-bond donors (Lipinski definition) is 2. The zero-order valence-electron chi connectivity index (χ0n) is 6.93. The third kappa shape index (κ3) is 2.09. The van der Waals surface area contributed by atoms with E-state index in [1.165, 1.54) is 4.90 Å². The number of ether oxygens (including phenoxy) is 1. The van der Waals surface area contributed by atoms with Crippen molar-refractivity contribution in [2.24, 2.45) is 0 Å². The molecule has 2 N–H and O–H groups in total. The number of carbonyl (C=O) groups is 1. The molecule has 2 unspecified atom stereocenters. The molecule has 5 heteroatoms. The van der Waals surface area contributed by atoms with Crippen LogP contribution < -0.4 is 0 Å². The summed E-state index contributed by atoms with van der Waals surface area (Å²) >= 11 is 0. The monoisotopic (exact) mass is 175 g/mol. The van der Waals surface area contributed by atoms with E-state index >= 15 is 0 Å². The molecular formula is C7H13NO4. The van der Waals surface area contributed by atoms with E-state index in [0.717, 1.165) is 0 Å². The number of aliphatic hydroxyl groups excluding tert-OH is 1. The van der Waals surface area contributed by atoms with Crippen molar-refractivity contribution in [3.63, 3.8) is 0 Å². The van der Waals surface area contributed by atoms with Gasteiger partial charge in [-0.1, -0.05) is 0 Å². The predicted molar refractivity (Wildman–Crippen MR) is 41.0 cm³/mol. The second kappa shape index (κ2) is 3.73. The fourth-order valence-corrected chi connectivity index (χ4v) is 1.30. The molecule has 0 aliphatic carbocycles. The van der Waals surface area contributed by atoms with Crippen LogP contribution in [0.3, 0.4) is 0 Å². The Morgan fingerprint density at radius 3 is 2.83 bits per heavy atom. The number of morpholine rings is 1. The van der Waals surface area contributed by atoms with Gasteiger partial charge in [0.1, 0.15) is 0 Å². The first-order valence-corrected chi connectivity index (χ1v) is 3.87. The molecule has 5 nitrogen and oxygen atoms in total. The Hall–Kier alpha value is -0.810. The molecule has 1 amide bonds. The van der Waals surface area contributed by atoms with Crippen LogP contribution in [0.15, 0.2) is 0 Å². The van der Waals surface area contributed by atoms with E-state index in [1.807, 2.05) is 0 Å². The minimum Gasteiger partial charge on any atom is -0.465 e. The van der Waals surface area contributed by atoms with Gasteiger partial charge >= 0.3 is 6.09 Å². The number of amides is 1. The van der Waals surface area contributed by atoms with E-state index in [4.69, 9.17) is 14.9 Å². The van der Waals surface area contributed by atoms with Gasteiger partial charge in [-0.2, -0.15) is 0 Å². The van der Waals surface area contributed by atoms with Crippen molar-refractivity contribution < 1.29 is 19.7 Å². The highest BCUT2D eigenvalue weighted by Gasteiger charge is 2.27. The average molecular weight is 175 g/mol. The first kappa shape index (κ1) is 9.28. The van der Waals surface area contributed by atoms with Crippen LogP contribution in [0.5, 0.6) is 0 Å². The quantitative estimate of drug-likeness (QED) is 0.576.